The summed E-state index contributed by atoms with van der Waals surface area (Å²) in [6.45, 7) is 3.64. The number of nitrogens with two attached hydrogens (primary N) is 1. The van der Waals surface area contributed by atoms with Crippen molar-refractivity contribution in [3.8, 4) is 0 Å². The minimum Gasteiger partial charge on any atom is -0.399 e. The number of benzene rings is 1. The summed E-state index contributed by atoms with van der Waals surface area (Å²) in [4.78, 5) is 5.55. The summed E-state index contributed by atoms with van der Waals surface area (Å²) in [5.74, 6) is 0. The molecular formula is C12H14BrN3S. The lowest BCUT2D eigenvalue weighted by Crippen LogP contribution is -2.13. The highest BCUT2D eigenvalue weighted by molar-refractivity contribution is 9.10. The number of hydrogen-bond donors (Lipinski definition) is 2. The van der Waals surface area contributed by atoms with Gasteiger partial charge < -0.3 is 11.1 Å². The van der Waals surface area contributed by atoms with E-state index in [1.807, 2.05) is 24.4 Å². The molecule has 1 heterocycles. The summed E-state index contributed by atoms with van der Waals surface area (Å²) in [6.07, 6.45) is 1.90. The monoisotopic (exact) mass is 311 g/mol. The molecule has 0 amide bonds. The van der Waals surface area contributed by atoms with Gasteiger partial charge in [-0.1, -0.05) is 15.9 Å². The van der Waals surface area contributed by atoms with Gasteiger partial charge in [-0.2, -0.15) is 0 Å². The lowest BCUT2D eigenvalue weighted by Gasteiger charge is -2.06. The molecule has 0 atom stereocenters. The van der Waals surface area contributed by atoms with Gasteiger partial charge in [0, 0.05) is 34.3 Å². The summed E-state index contributed by atoms with van der Waals surface area (Å²) in [6, 6.07) is 5.84. The van der Waals surface area contributed by atoms with Gasteiger partial charge in [-0.15, -0.1) is 11.3 Å². The molecule has 17 heavy (non-hydrogen) atoms. The van der Waals surface area contributed by atoms with E-state index in [9.17, 15) is 0 Å². The van der Waals surface area contributed by atoms with Gasteiger partial charge in [-0.25, -0.2) is 4.98 Å². The topological polar surface area (TPSA) is 50.9 Å². The number of aromatic nitrogens is 1. The number of nitrogen functional groups attached to an aromatic ring is 1. The maximum atomic E-state index is 5.75. The average molecular weight is 312 g/mol. The van der Waals surface area contributed by atoms with Crippen LogP contribution >= 0.6 is 27.3 Å². The van der Waals surface area contributed by atoms with Crippen LogP contribution in [0.25, 0.3) is 0 Å². The number of halogens is 1. The third kappa shape index (κ3) is 3.52. The van der Waals surface area contributed by atoms with E-state index < -0.39 is 0 Å². The predicted octanol–water partition coefficient (Wildman–Crippen LogP) is 3.09. The van der Waals surface area contributed by atoms with Crippen LogP contribution < -0.4 is 11.1 Å². The number of aryl methyl sites for hydroxylation is 1. The van der Waals surface area contributed by atoms with Crippen molar-refractivity contribution in [3.63, 3.8) is 0 Å². The molecule has 0 aliphatic heterocycles. The van der Waals surface area contributed by atoms with Crippen molar-refractivity contribution < 1.29 is 0 Å². The van der Waals surface area contributed by atoms with E-state index in [0.717, 1.165) is 28.3 Å². The number of nitrogens with zero attached hydrogens (tertiary/aromatic N) is 1. The average Bonchev–Trinajstić information content (AvgIpc) is 2.69. The molecule has 1 aromatic heterocycles. The van der Waals surface area contributed by atoms with Crippen molar-refractivity contribution >= 4 is 33.0 Å². The van der Waals surface area contributed by atoms with Gasteiger partial charge >= 0.3 is 0 Å². The first-order valence-electron chi connectivity index (χ1n) is 5.31. The zero-order chi connectivity index (χ0) is 12.3. The largest absolute Gasteiger partial charge is 0.399 e. The molecule has 0 bridgehead atoms. The summed E-state index contributed by atoms with van der Waals surface area (Å²) in [7, 11) is 0. The van der Waals surface area contributed by atoms with E-state index in [-0.39, 0.29) is 0 Å². The van der Waals surface area contributed by atoms with Gasteiger partial charge in [0.1, 0.15) is 5.01 Å². The molecule has 0 spiro atoms. The second-order valence-corrected chi connectivity index (χ2v) is 5.99. The minimum atomic E-state index is 0.782. The van der Waals surface area contributed by atoms with Crippen molar-refractivity contribution in [3.05, 3.63) is 44.3 Å². The van der Waals surface area contributed by atoms with Crippen molar-refractivity contribution in [2.24, 2.45) is 0 Å². The Morgan fingerprint density at radius 2 is 2.24 bits per heavy atom. The third-order valence-corrected chi connectivity index (χ3v) is 4.02. The number of thiazole rings is 1. The second kappa shape index (κ2) is 5.62. The Hall–Kier alpha value is -0.910. The first-order chi connectivity index (χ1) is 8.15. The molecule has 3 nitrogen and oxygen atoms in total. The lowest BCUT2D eigenvalue weighted by molar-refractivity contribution is 0.688. The van der Waals surface area contributed by atoms with Crippen LogP contribution in [0, 0.1) is 6.92 Å². The molecule has 5 heteroatoms. The highest BCUT2D eigenvalue weighted by atomic mass is 79.9. The molecule has 2 aromatic rings. The SMILES string of the molecule is Cc1cnc(CNCc2cc(N)ccc2Br)s1. The highest BCUT2D eigenvalue weighted by Crippen LogP contribution is 2.19. The number of anilines is 1. The fraction of sp³-hybridized carbons (Fsp3) is 0.250. The first-order valence-corrected chi connectivity index (χ1v) is 6.92. The van der Waals surface area contributed by atoms with Gasteiger partial charge in [0.2, 0.25) is 0 Å². The zero-order valence-electron chi connectivity index (χ0n) is 9.53. The molecule has 1 aromatic carbocycles. The fourth-order valence-electron chi connectivity index (χ4n) is 1.52. The van der Waals surface area contributed by atoms with Crippen LogP contribution in [-0.4, -0.2) is 4.98 Å². The molecule has 0 radical (unpaired) electrons. The molecular weight excluding hydrogens is 298 g/mol. The molecule has 2 rings (SSSR count). The van der Waals surface area contributed by atoms with E-state index >= 15 is 0 Å². The fourth-order valence-corrected chi connectivity index (χ4v) is 2.66. The van der Waals surface area contributed by atoms with Crippen molar-refractivity contribution in [1.82, 2.24) is 10.3 Å². The van der Waals surface area contributed by atoms with Crippen LogP contribution in [0.4, 0.5) is 5.69 Å². The quantitative estimate of drug-likeness (QED) is 0.853. The maximum Gasteiger partial charge on any atom is 0.107 e. The van der Waals surface area contributed by atoms with Gasteiger partial charge in [0.25, 0.3) is 0 Å². The van der Waals surface area contributed by atoms with E-state index in [4.69, 9.17) is 5.73 Å². The van der Waals surface area contributed by atoms with Gasteiger partial charge in [0.15, 0.2) is 0 Å². The van der Waals surface area contributed by atoms with Gasteiger partial charge in [-0.3, -0.25) is 0 Å². The van der Waals surface area contributed by atoms with Crippen molar-refractivity contribution in [2.45, 2.75) is 20.0 Å². The van der Waals surface area contributed by atoms with E-state index in [1.54, 1.807) is 11.3 Å². The van der Waals surface area contributed by atoms with Gasteiger partial charge in [0.05, 0.1) is 0 Å². The smallest absolute Gasteiger partial charge is 0.107 e. The molecule has 0 saturated heterocycles. The Bertz CT molecular complexity index is 510. The van der Waals surface area contributed by atoms with Crippen molar-refractivity contribution in [1.29, 1.82) is 0 Å². The summed E-state index contributed by atoms with van der Waals surface area (Å²) in [5, 5.41) is 4.48. The van der Waals surface area contributed by atoms with Crippen LogP contribution in [0.1, 0.15) is 15.4 Å². The summed E-state index contributed by atoms with van der Waals surface area (Å²) >= 11 is 5.23. The highest BCUT2D eigenvalue weighted by Gasteiger charge is 2.02. The van der Waals surface area contributed by atoms with E-state index in [2.05, 4.69) is 33.2 Å². The van der Waals surface area contributed by atoms with Crippen LogP contribution in [-0.2, 0) is 13.1 Å². The number of hydrogen-bond acceptors (Lipinski definition) is 4. The predicted molar refractivity (Wildman–Crippen MR) is 75.9 cm³/mol. The molecule has 0 unspecified atom stereocenters. The lowest BCUT2D eigenvalue weighted by atomic mass is 10.2. The zero-order valence-corrected chi connectivity index (χ0v) is 11.9. The van der Waals surface area contributed by atoms with E-state index in [0.29, 0.717) is 0 Å². The molecule has 0 fully saturated rings. The van der Waals surface area contributed by atoms with Crippen LogP contribution in [0.2, 0.25) is 0 Å². The molecule has 0 aliphatic carbocycles. The molecule has 3 N–H and O–H groups in total. The minimum absolute atomic E-state index is 0.782. The number of rotatable bonds is 4. The summed E-state index contributed by atoms with van der Waals surface area (Å²) in [5.41, 5.74) is 7.71. The molecule has 90 valence electrons. The van der Waals surface area contributed by atoms with Crippen molar-refractivity contribution in [2.75, 3.05) is 5.73 Å². The normalized spacial score (nSPS) is 10.7. The standard InChI is InChI=1S/C12H14BrN3S/c1-8-5-16-12(17-8)7-15-6-9-4-10(14)2-3-11(9)13/h2-5,15H,6-7,14H2,1H3. The van der Waals surface area contributed by atoms with Crippen LogP contribution in [0.15, 0.2) is 28.9 Å². The maximum absolute atomic E-state index is 5.75. The van der Waals surface area contributed by atoms with Crippen LogP contribution in [0.3, 0.4) is 0 Å². The number of nitrogens with one attached hydrogen (secondary N) is 1. The third-order valence-electron chi connectivity index (χ3n) is 2.33. The van der Waals surface area contributed by atoms with E-state index in [1.165, 1.54) is 10.4 Å². The Kier molecular flexibility index (Phi) is 4.15. The Morgan fingerprint density at radius 1 is 1.41 bits per heavy atom. The first kappa shape index (κ1) is 12.5. The summed E-state index contributed by atoms with van der Waals surface area (Å²) < 4.78 is 1.08. The Labute approximate surface area is 113 Å². The molecule has 0 saturated carbocycles. The second-order valence-electron chi connectivity index (χ2n) is 3.82. The molecule has 0 aliphatic rings. The Balaban J connectivity index is 1.91. The Morgan fingerprint density at radius 3 is 2.94 bits per heavy atom. The van der Waals surface area contributed by atoms with Crippen LogP contribution in [0.5, 0.6) is 0 Å². The van der Waals surface area contributed by atoms with Gasteiger partial charge in [-0.05, 0) is 30.7 Å².